The zero-order chi connectivity index (χ0) is 19.2. The third kappa shape index (κ3) is 3.49. The second kappa shape index (κ2) is 8.00. The number of hydrogen-bond acceptors (Lipinski definition) is 1. The molecule has 2 N–H and O–H groups in total. The quantitative estimate of drug-likeness (QED) is 0.253. The van der Waals surface area contributed by atoms with Crippen LogP contribution >= 0.6 is 0 Å². The summed E-state index contributed by atoms with van der Waals surface area (Å²) < 4.78 is 0. The molecule has 0 fully saturated rings. The Hall–Kier alpha value is -3.54. The van der Waals surface area contributed by atoms with E-state index in [9.17, 15) is 0 Å². The van der Waals surface area contributed by atoms with Gasteiger partial charge in [0.25, 0.3) is 0 Å². The van der Waals surface area contributed by atoms with E-state index in [4.69, 9.17) is 5.73 Å². The van der Waals surface area contributed by atoms with Crippen LogP contribution in [0.3, 0.4) is 0 Å². The van der Waals surface area contributed by atoms with Gasteiger partial charge in [0, 0.05) is 11.3 Å². The van der Waals surface area contributed by atoms with Gasteiger partial charge >= 0.3 is 0 Å². The average Bonchev–Trinajstić information content (AvgIpc) is 2.77. The van der Waals surface area contributed by atoms with Crippen molar-refractivity contribution in [1.82, 2.24) is 0 Å². The van der Waals surface area contributed by atoms with E-state index in [-0.39, 0.29) is 0 Å². The molecule has 134 valence electrons. The van der Waals surface area contributed by atoms with Gasteiger partial charge in [-0.2, -0.15) is 0 Å². The second-order valence-corrected chi connectivity index (χ2v) is 10.2. The molecule has 0 saturated heterocycles. The van der Waals surface area contributed by atoms with Crippen LogP contribution in [0.5, 0.6) is 0 Å². The lowest BCUT2D eigenvalue weighted by molar-refractivity contribution is 1.63. The molecule has 0 saturated carbocycles. The van der Waals surface area contributed by atoms with Crippen LogP contribution in [0.15, 0.2) is 115 Å². The third-order valence-corrected chi connectivity index (χ3v) is 9.00. The van der Waals surface area contributed by atoms with Crippen molar-refractivity contribution in [2.45, 2.75) is 0 Å². The first-order valence-electron chi connectivity index (χ1n) is 9.34. The number of nitrogens with two attached hydrogens (primary N) is 1. The van der Waals surface area contributed by atoms with Gasteiger partial charge in [0.2, 0.25) is 8.07 Å². The predicted octanol–water partition coefficient (Wildman–Crippen LogP) is 3.33. The molecule has 0 aliphatic heterocycles. The lowest BCUT2D eigenvalue weighted by Gasteiger charge is -2.28. The molecule has 0 radical (unpaired) electrons. The Kier molecular flexibility index (Phi) is 5.10. The molecule has 0 amide bonds. The van der Waals surface area contributed by atoms with Gasteiger partial charge in [0.05, 0.1) is 0 Å². The van der Waals surface area contributed by atoms with E-state index in [0.717, 1.165) is 11.3 Å². The van der Waals surface area contributed by atoms with E-state index < -0.39 is 8.07 Å². The Bertz CT molecular complexity index is 1010. The molecule has 0 spiro atoms. The summed E-state index contributed by atoms with van der Waals surface area (Å²) >= 11 is 0. The van der Waals surface area contributed by atoms with Gasteiger partial charge in [-0.15, -0.1) is 5.54 Å². The molecule has 4 rings (SSSR count). The number of anilines is 1. The fourth-order valence-corrected chi connectivity index (χ4v) is 7.41. The minimum atomic E-state index is -2.53. The summed E-state index contributed by atoms with van der Waals surface area (Å²) in [5.41, 5.74) is 11.4. The van der Waals surface area contributed by atoms with Crippen molar-refractivity contribution in [2.75, 3.05) is 5.73 Å². The number of rotatable bonds is 3. The zero-order valence-electron chi connectivity index (χ0n) is 15.5. The van der Waals surface area contributed by atoms with Gasteiger partial charge in [-0.05, 0) is 33.8 Å². The van der Waals surface area contributed by atoms with Crippen molar-refractivity contribution in [3.8, 4) is 11.5 Å². The Balaban J connectivity index is 2.02. The van der Waals surface area contributed by atoms with Crippen LogP contribution in [0.4, 0.5) is 5.69 Å². The van der Waals surface area contributed by atoms with E-state index in [0.29, 0.717) is 0 Å². The predicted molar refractivity (Wildman–Crippen MR) is 122 cm³/mol. The molecule has 0 aliphatic rings. The molecule has 1 nitrogen and oxygen atoms in total. The zero-order valence-corrected chi connectivity index (χ0v) is 16.5. The smallest absolute Gasteiger partial charge is 0.230 e. The first-order valence-corrected chi connectivity index (χ1v) is 11.3. The van der Waals surface area contributed by atoms with Crippen molar-refractivity contribution < 1.29 is 0 Å². The minimum Gasteiger partial charge on any atom is -0.399 e. The summed E-state index contributed by atoms with van der Waals surface area (Å²) in [6.45, 7) is 0. The number of nitrogen functional groups attached to an aromatic ring is 1. The maximum absolute atomic E-state index is 5.97. The Labute approximate surface area is 167 Å². The molecular weight excluding hydrogens is 354 g/mol. The first-order chi connectivity index (χ1) is 13.8. The molecule has 0 unspecified atom stereocenters. The maximum Gasteiger partial charge on any atom is 0.230 e. The highest BCUT2D eigenvalue weighted by molar-refractivity contribution is 7.16. The van der Waals surface area contributed by atoms with Crippen molar-refractivity contribution in [1.29, 1.82) is 0 Å². The van der Waals surface area contributed by atoms with Crippen LogP contribution in [0.25, 0.3) is 0 Å². The van der Waals surface area contributed by atoms with Crippen molar-refractivity contribution in [2.24, 2.45) is 0 Å². The van der Waals surface area contributed by atoms with E-state index >= 15 is 0 Å². The summed E-state index contributed by atoms with van der Waals surface area (Å²) in [5, 5.41) is 3.84. The first kappa shape index (κ1) is 17.9. The number of hydrogen-bond donors (Lipinski definition) is 1. The highest BCUT2D eigenvalue weighted by Crippen LogP contribution is 2.09. The molecule has 2 heteroatoms. The third-order valence-electron chi connectivity index (χ3n) is 4.90. The van der Waals surface area contributed by atoms with E-state index in [1.54, 1.807) is 0 Å². The summed E-state index contributed by atoms with van der Waals surface area (Å²) in [6.07, 6.45) is 0. The molecule has 4 aromatic rings. The van der Waals surface area contributed by atoms with Gasteiger partial charge in [-0.3, -0.25) is 0 Å². The van der Waals surface area contributed by atoms with Gasteiger partial charge < -0.3 is 5.73 Å². The Morgan fingerprint density at radius 1 is 0.536 bits per heavy atom. The molecule has 0 aromatic heterocycles. The molecule has 0 atom stereocenters. The summed E-state index contributed by atoms with van der Waals surface area (Å²) in [6, 6.07) is 39.8. The lowest BCUT2D eigenvalue weighted by atomic mass is 10.2. The van der Waals surface area contributed by atoms with Gasteiger partial charge in [-0.25, -0.2) is 0 Å². The molecule has 0 aliphatic carbocycles. The standard InChI is InChI=1S/C26H21NSi/c27-23-12-10-11-22(21-23)19-20-28(24-13-4-1-5-14-24,25-15-6-2-7-16-25)26-17-8-3-9-18-26/h1-18,21H,27H2. The van der Waals surface area contributed by atoms with Gasteiger partial charge in [0.15, 0.2) is 0 Å². The minimum absolute atomic E-state index is 0.734. The Morgan fingerprint density at radius 2 is 1.00 bits per heavy atom. The van der Waals surface area contributed by atoms with Crippen molar-refractivity contribution in [3.05, 3.63) is 121 Å². The summed E-state index contributed by atoms with van der Waals surface area (Å²) in [5.74, 6) is 3.45. The van der Waals surface area contributed by atoms with Crippen LogP contribution in [0.2, 0.25) is 0 Å². The van der Waals surface area contributed by atoms with Crippen LogP contribution in [0.1, 0.15) is 5.56 Å². The van der Waals surface area contributed by atoms with E-state index in [1.165, 1.54) is 15.6 Å². The van der Waals surface area contributed by atoms with Crippen LogP contribution in [-0.2, 0) is 0 Å². The van der Waals surface area contributed by atoms with Crippen molar-refractivity contribution in [3.63, 3.8) is 0 Å². The molecule has 28 heavy (non-hydrogen) atoms. The topological polar surface area (TPSA) is 26.0 Å². The van der Waals surface area contributed by atoms with Gasteiger partial charge in [-0.1, -0.05) is 103 Å². The van der Waals surface area contributed by atoms with Crippen LogP contribution in [0, 0.1) is 11.5 Å². The number of benzene rings is 4. The molecule has 0 heterocycles. The Morgan fingerprint density at radius 3 is 1.43 bits per heavy atom. The highest BCUT2D eigenvalue weighted by Gasteiger charge is 2.38. The monoisotopic (exact) mass is 375 g/mol. The lowest BCUT2D eigenvalue weighted by Crippen LogP contribution is -2.66. The normalized spacial score (nSPS) is 10.7. The van der Waals surface area contributed by atoms with Crippen LogP contribution < -0.4 is 21.3 Å². The van der Waals surface area contributed by atoms with Crippen LogP contribution in [-0.4, -0.2) is 8.07 Å². The fraction of sp³-hybridized carbons (Fsp3) is 0. The fourth-order valence-electron chi connectivity index (χ4n) is 3.56. The van der Waals surface area contributed by atoms with E-state index in [1.807, 2.05) is 24.3 Å². The second-order valence-electron chi connectivity index (χ2n) is 6.72. The van der Waals surface area contributed by atoms with Gasteiger partial charge in [0.1, 0.15) is 0 Å². The highest BCUT2D eigenvalue weighted by atomic mass is 28.3. The molecule has 0 bridgehead atoms. The summed E-state index contributed by atoms with van der Waals surface area (Å²) in [7, 11) is -2.53. The van der Waals surface area contributed by atoms with E-state index in [2.05, 4.69) is 102 Å². The molecule has 4 aromatic carbocycles. The largest absolute Gasteiger partial charge is 0.399 e. The van der Waals surface area contributed by atoms with Crippen molar-refractivity contribution >= 4 is 29.3 Å². The molecular formula is C26H21NSi. The summed E-state index contributed by atoms with van der Waals surface area (Å²) in [4.78, 5) is 0. The SMILES string of the molecule is Nc1cccc(C#C[Si](c2ccccc2)(c2ccccc2)c2ccccc2)c1. The average molecular weight is 376 g/mol. The maximum atomic E-state index is 5.97.